The van der Waals surface area contributed by atoms with E-state index >= 15 is 0 Å². The molecule has 1 aliphatic carbocycles. The highest BCUT2D eigenvalue weighted by atomic mass is 79.9. The van der Waals surface area contributed by atoms with Gasteiger partial charge in [0.15, 0.2) is 11.0 Å². The second-order valence-electron chi connectivity index (χ2n) is 6.59. The summed E-state index contributed by atoms with van der Waals surface area (Å²) in [7, 11) is 0. The number of benzene rings is 1. The molecule has 1 aromatic carbocycles. The molecule has 7 nitrogen and oxygen atoms in total. The van der Waals surface area contributed by atoms with Crippen LogP contribution >= 0.6 is 27.7 Å². The first-order valence-electron chi connectivity index (χ1n) is 8.81. The molecular formula is C18H18BrFN6OS. The van der Waals surface area contributed by atoms with Crippen LogP contribution in [0.1, 0.15) is 30.4 Å². The number of nitrogens with one attached hydrogen (secondary N) is 1. The second kappa shape index (κ2) is 8.04. The molecule has 3 aromatic rings. The summed E-state index contributed by atoms with van der Waals surface area (Å²) in [6, 6.07) is 6.84. The van der Waals surface area contributed by atoms with Gasteiger partial charge in [-0.3, -0.25) is 9.48 Å². The van der Waals surface area contributed by atoms with Crippen molar-refractivity contribution in [1.29, 1.82) is 0 Å². The molecule has 28 heavy (non-hydrogen) atoms. The third-order valence-electron chi connectivity index (χ3n) is 4.40. The molecule has 0 bridgehead atoms. The highest BCUT2D eigenvalue weighted by Crippen LogP contribution is 2.39. The molecule has 0 aliphatic heterocycles. The number of hydrogen-bond acceptors (Lipinski definition) is 5. The molecule has 0 atom stereocenters. The smallest absolute Gasteiger partial charge is 0.234 e. The van der Waals surface area contributed by atoms with Crippen molar-refractivity contribution < 1.29 is 9.18 Å². The summed E-state index contributed by atoms with van der Waals surface area (Å²) in [4.78, 5) is 12.2. The van der Waals surface area contributed by atoms with Crippen molar-refractivity contribution in [2.24, 2.45) is 0 Å². The van der Waals surface area contributed by atoms with Crippen LogP contribution in [0.4, 0.5) is 10.1 Å². The molecule has 0 unspecified atom stereocenters. The zero-order valence-corrected chi connectivity index (χ0v) is 17.5. The Labute approximate surface area is 173 Å². The molecule has 1 fully saturated rings. The van der Waals surface area contributed by atoms with Gasteiger partial charge in [-0.05, 0) is 44.0 Å². The van der Waals surface area contributed by atoms with Gasteiger partial charge in [0.1, 0.15) is 12.4 Å². The molecule has 1 N–H and O–H groups in total. The lowest BCUT2D eigenvalue weighted by atomic mass is 10.3. The van der Waals surface area contributed by atoms with Gasteiger partial charge in [0.2, 0.25) is 5.91 Å². The van der Waals surface area contributed by atoms with Crippen molar-refractivity contribution in [2.45, 2.75) is 37.5 Å². The average Bonchev–Trinajstić information content (AvgIpc) is 3.30. The minimum absolute atomic E-state index is 0.126. The molecular weight excluding hydrogens is 447 g/mol. The number of aryl methyl sites for hydroxylation is 1. The van der Waals surface area contributed by atoms with Crippen molar-refractivity contribution in [3.05, 3.63) is 52.3 Å². The van der Waals surface area contributed by atoms with Crippen LogP contribution in [0.15, 0.2) is 40.1 Å². The Hall–Kier alpha value is -2.20. The number of amides is 1. The van der Waals surface area contributed by atoms with Gasteiger partial charge in [-0.15, -0.1) is 10.2 Å². The number of thioether (sulfide) groups is 1. The first kappa shape index (κ1) is 19.1. The quantitative estimate of drug-likeness (QED) is 0.538. The zero-order chi connectivity index (χ0) is 19.7. The fraction of sp³-hybridized carbons (Fsp3) is 0.333. The molecule has 1 aliphatic rings. The number of carbonyl (C=O) groups excluding carboxylic acids is 1. The Kier molecular flexibility index (Phi) is 5.49. The number of halogens is 2. The van der Waals surface area contributed by atoms with Crippen molar-refractivity contribution in [3.8, 4) is 0 Å². The summed E-state index contributed by atoms with van der Waals surface area (Å²) in [5.41, 5.74) is 1.21. The fourth-order valence-corrected chi connectivity index (χ4v) is 3.98. The van der Waals surface area contributed by atoms with Crippen LogP contribution in [0.25, 0.3) is 0 Å². The average molecular weight is 465 g/mol. The van der Waals surface area contributed by atoms with Crippen molar-refractivity contribution in [2.75, 3.05) is 11.1 Å². The normalized spacial score (nSPS) is 13.7. The molecule has 2 heterocycles. The monoisotopic (exact) mass is 464 g/mol. The fourth-order valence-electron chi connectivity index (χ4n) is 2.82. The van der Waals surface area contributed by atoms with E-state index in [4.69, 9.17) is 0 Å². The number of carbonyl (C=O) groups is 1. The number of hydrogen-bond donors (Lipinski definition) is 1. The van der Waals surface area contributed by atoms with Crippen molar-refractivity contribution >= 4 is 39.3 Å². The van der Waals surface area contributed by atoms with E-state index in [1.807, 2.05) is 17.7 Å². The molecule has 1 saturated carbocycles. The van der Waals surface area contributed by atoms with Gasteiger partial charge in [-0.2, -0.15) is 5.10 Å². The van der Waals surface area contributed by atoms with E-state index in [1.165, 1.54) is 23.9 Å². The minimum atomic E-state index is -0.481. The maximum absolute atomic E-state index is 13.9. The molecule has 10 heteroatoms. The van der Waals surface area contributed by atoms with Gasteiger partial charge >= 0.3 is 0 Å². The van der Waals surface area contributed by atoms with E-state index in [-0.39, 0.29) is 17.3 Å². The first-order valence-corrected chi connectivity index (χ1v) is 10.6. The lowest BCUT2D eigenvalue weighted by Crippen LogP contribution is -2.16. The van der Waals surface area contributed by atoms with E-state index in [2.05, 4.69) is 41.1 Å². The summed E-state index contributed by atoms with van der Waals surface area (Å²) in [6.45, 7) is 2.53. The molecule has 0 radical (unpaired) electrons. The number of aromatic nitrogens is 5. The summed E-state index contributed by atoms with van der Waals surface area (Å²) in [5, 5.41) is 16.2. The van der Waals surface area contributed by atoms with Crippen LogP contribution in [-0.2, 0) is 11.3 Å². The SMILES string of the molecule is Cc1ccnn1Cc1nnc(SCC(=O)Nc2ccc(Br)cc2F)n1C1CC1. The zero-order valence-electron chi connectivity index (χ0n) is 15.1. The molecule has 146 valence electrons. The second-order valence-corrected chi connectivity index (χ2v) is 8.45. The van der Waals surface area contributed by atoms with Gasteiger partial charge in [-0.25, -0.2) is 4.39 Å². The van der Waals surface area contributed by atoms with Gasteiger partial charge in [0.25, 0.3) is 0 Å². The third kappa shape index (κ3) is 4.27. The minimum Gasteiger partial charge on any atom is -0.323 e. The Morgan fingerprint density at radius 1 is 1.36 bits per heavy atom. The molecule has 2 aromatic heterocycles. The molecule has 0 saturated heterocycles. The Balaban J connectivity index is 1.43. The molecule has 0 spiro atoms. The van der Waals surface area contributed by atoms with Crippen molar-refractivity contribution in [3.63, 3.8) is 0 Å². The van der Waals surface area contributed by atoms with E-state index in [0.29, 0.717) is 22.2 Å². The first-order chi connectivity index (χ1) is 13.5. The number of anilines is 1. The lowest BCUT2D eigenvalue weighted by Gasteiger charge is -2.10. The molecule has 1 amide bonds. The van der Waals surface area contributed by atoms with Gasteiger partial charge in [-0.1, -0.05) is 27.7 Å². The summed E-state index contributed by atoms with van der Waals surface area (Å²) in [5.74, 6) is 0.184. The predicted molar refractivity (Wildman–Crippen MR) is 108 cm³/mol. The van der Waals surface area contributed by atoms with Gasteiger partial charge < -0.3 is 9.88 Å². The highest BCUT2D eigenvalue weighted by Gasteiger charge is 2.30. The van der Waals surface area contributed by atoms with Gasteiger partial charge in [0, 0.05) is 22.4 Å². The maximum Gasteiger partial charge on any atom is 0.234 e. The maximum atomic E-state index is 13.9. The van der Waals surface area contributed by atoms with Gasteiger partial charge in [0.05, 0.1) is 11.4 Å². The molecule has 4 rings (SSSR count). The van der Waals surface area contributed by atoms with Crippen LogP contribution in [0.2, 0.25) is 0 Å². The Morgan fingerprint density at radius 3 is 2.86 bits per heavy atom. The summed E-state index contributed by atoms with van der Waals surface area (Å²) in [6.07, 6.45) is 3.91. The van der Waals surface area contributed by atoms with Crippen LogP contribution in [0.3, 0.4) is 0 Å². The van der Waals surface area contributed by atoms with E-state index in [1.54, 1.807) is 12.3 Å². The summed E-state index contributed by atoms with van der Waals surface area (Å²) < 4.78 is 18.5. The van der Waals surface area contributed by atoms with Crippen molar-refractivity contribution in [1.82, 2.24) is 24.5 Å². The standard InChI is InChI=1S/C18H18BrFN6OS/c1-11-6-7-21-25(11)9-16-23-24-18(26(16)13-3-4-13)28-10-17(27)22-15-5-2-12(19)8-14(15)20/h2,5-8,13H,3-4,9-10H2,1H3,(H,22,27). The summed E-state index contributed by atoms with van der Waals surface area (Å²) >= 11 is 4.50. The predicted octanol–water partition coefficient (Wildman–Crippen LogP) is 3.80. The Morgan fingerprint density at radius 2 is 2.18 bits per heavy atom. The third-order valence-corrected chi connectivity index (χ3v) is 5.84. The van der Waals surface area contributed by atoms with Crippen LogP contribution in [0, 0.1) is 12.7 Å². The van der Waals surface area contributed by atoms with Crippen LogP contribution in [-0.4, -0.2) is 36.2 Å². The Bertz CT molecular complexity index is 1020. The van der Waals surface area contributed by atoms with E-state index in [9.17, 15) is 9.18 Å². The largest absolute Gasteiger partial charge is 0.323 e. The number of nitrogens with zero attached hydrogens (tertiary/aromatic N) is 5. The number of rotatable bonds is 7. The van der Waals surface area contributed by atoms with Crippen LogP contribution < -0.4 is 5.32 Å². The topological polar surface area (TPSA) is 77.6 Å². The highest BCUT2D eigenvalue weighted by molar-refractivity contribution is 9.10. The van der Waals surface area contributed by atoms with Crippen LogP contribution in [0.5, 0.6) is 0 Å². The lowest BCUT2D eigenvalue weighted by molar-refractivity contribution is -0.113. The van der Waals surface area contributed by atoms with E-state index < -0.39 is 5.82 Å². The van der Waals surface area contributed by atoms with E-state index in [0.717, 1.165) is 24.4 Å².